The fourth-order valence-electron chi connectivity index (χ4n) is 1.68. The summed E-state index contributed by atoms with van der Waals surface area (Å²) in [7, 11) is 0. The van der Waals surface area contributed by atoms with Crippen molar-refractivity contribution in [1.82, 2.24) is 14.6 Å². The highest BCUT2D eigenvalue weighted by Crippen LogP contribution is 2.28. The predicted molar refractivity (Wildman–Crippen MR) is 72.9 cm³/mol. The third kappa shape index (κ3) is 1.89. The van der Waals surface area contributed by atoms with Gasteiger partial charge in [0.15, 0.2) is 11.5 Å². The molecule has 1 aromatic carbocycles. The second-order valence-corrected chi connectivity index (χ2v) is 4.67. The Morgan fingerprint density at radius 2 is 1.94 bits per heavy atom. The number of rotatable bonds is 1. The van der Waals surface area contributed by atoms with Gasteiger partial charge in [0, 0.05) is 10.6 Å². The van der Waals surface area contributed by atoms with Crippen LogP contribution in [0.2, 0.25) is 10.0 Å². The zero-order valence-corrected chi connectivity index (χ0v) is 10.7. The van der Waals surface area contributed by atoms with E-state index in [1.54, 1.807) is 41.0 Å². The number of aromatic nitrogens is 3. The molecule has 0 saturated heterocycles. The Kier molecular flexibility index (Phi) is 2.61. The Morgan fingerprint density at radius 3 is 2.78 bits per heavy atom. The molecule has 0 bridgehead atoms. The molecule has 90 valence electrons. The maximum atomic E-state index is 6.12. The molecule has 0 aliphatic carbocycles. The van der Waals surface area contributed by atoms with Gasteiger partial charge in [0.25, 0.3) is 0 Å². The molecular weight excluding hydrogens is 271 g/mol. The van der Waals surface area contributed by atoms with Crippen LogP contribution in [0.3, 0.4) is 0 Å². The topological polar surface area (TPSA) is 56.2 Å². The number of nitrogens with two attached hydrogens (primary N) is 1. The minimum atomic E-state index is 0.521. The zero-order chi connectivity index (χ0) is 12.7. The molecule has 0 fully saturated rings. The predicted octanol–water partition coefficient (Wildman–Crippen LogP) is 3.29. The van der Waals surface area contributed by atoms with Crippen LogP contribution in [0.4, 0.5) is 5.69 Å². The molecule has 2 aromatic heterocycles. The molecule has 0 radical (unpaired) electrons. The summed E-state index contributed by atoms with van der Waals surface area (Å²) in [6.45, 7) is 0. The molecule has 0 aliphatic rings. The van der Waals surface area contributed by atoms with Gasteiger partial charge in [-0.1, -0.05) is 23.2 Å². The van der Waals surface area contributed by atoms with E-state index >= 15 is 0 Å². The average molecular weight is 279 g/mol. The van der Waals surface area contributed by atoms with E-state index in [1.807, 2.05) is 0 Å². The molecule has 0 unspecified atom stereocenters. The van der Waals surface area contributed by atoms with Crippen LogP contribution >= 0.6 is 23.2 Å². The van der Waals surface area contributed by atoms with Gasteiger partial charge in [-0.05, 0) is 30.3 Å². The fourth-order valence-corrected chi connectivity index (χ4v) is 2.06. The lowest BCUT2D eigenvalue weighted by Crippen LogP contribution is -1.91. The van der Waals surface area contributed by atoms with Crippen LogP contribution < -0.4 is 5.73 Å². The molecule has 3 aromatic rings. The average Bonchev–Trinajstić information content (AvgIpc) is 2.74. The summed E-state index contributed by atoms with van der Waals surface area (Å²) in [5.41, 5.74) is 7.72. The largest absolute Gasteiger partial charge is 0.397 e. The number of halogens is 2. The van der Waals surface area contributed by atoms with Gasteiger partial charge in [-0.3, -0.25) is 0 Å². The summed E-state index contributed by atoms with van der Waals surface area (Å²) in [6, 6.07) is 8.75. The first-order chi connectivity index (χ1) is 8.63. The molecule has 18 heavy (non-hydrogen) atoms. The van der Waals surface area contributed by atoms with Crippen LogP contribution in [-0.4, -0.2) is 14.6 Å². The van der Waals surface area contributed by atoms with Gasteiger partial charge in [-0.15, -0.1) is 5.10 Å². The van der Waals surface area contributed by atoms with E-state index in [2.05, 4.69) is 10.1 Å². The molecule has 4 nitrogen and oxygen atoms in total. The molecule has 0 amide bonds. The highest BCUT2D eigenvalue weighted by atomic mass is 35.5. The summed E-state index contributed by atoms with van der Waals surface area (Å²) >= 11 is 12.1. The van der Waals surface area contributed by atoms with Gasteiger partial charge < -0.3 is 5.73 Å². The second-order valence-electron chi connectivity index (χ2n) is 3.82. The Labute approximate surface area is 113 Å². The van der Waals surface area contributed by atoms with E-state index in [9.17, 15) is 0 Å². The zero-order valence-electron chi connectivity index (χ0n) is 9.14. The van der Waals surface area contributed by atoms with Crippen LogP contribution in [0.1, 0.15) is 0 Å². The summed E-state index contributed by atoms with van der Waals surface area (Å²) < 4.78 is 1.61. The highest BCUT2D eigenvalue weighted by Gasteiger charge is 2.10. The van der Waals surface area contributed by atoms with Crippen molar-refractivity contribution in [3.63, 3.8) is 0 Å². The minimum absolute atomic E-state index is 0.521. The molecule has 3 rings (SSSR count). The van der Waals surface area contributed by atoms with Gasteiger partial charge in [0.1, 0.15) is 0 Å². The number of benzene rings is 1. The van der Waals surface area contributed by atoms with E-state index in [4.69, 9.17) is 28.9 Å². The van der Waals surface area contributed by atoms with Crippen LogP contribution in [0.5, 0.6) is 0 Å². The first-order valence-corrected chi connectivity index (χ1v) is 5.96. The van der Waals surface area contributed by atoms with Gasteiger partial charge in [-0.2, -0.15) is 0 Å². The summed E-state index contributed by atoms with van der Waals surface area (Å²) in [4.78, 5) is 4.38. The number of nitrogens with zero attached hydrogens (tertiary/aromatic N) is 3. The molecule has 0 saturated carbocycles. The van der Waals surface area contributed by atoms with Gasteiger partial charge in [0.2, 0.25) is 0 Å². The number of hydrogen-bond acceptors (Lipinski definition) is 3. The fraction of sp³-hybridized carbons (Fsp3) is 0. The lowest BCUT2D eigenvalue weighted by Gasteiger charge is -1.99. The number of hydrogen-bond donors (Lipinski definition) is 1. The minimum Gasteiger partial charge on any atom is -0.397 e. The molecule has 6 heteroatoms. The Hall–Kier alpha value is -1.78. The Bertz CT molecular complexity index is 736. The summed E-state index contributed by atoms with van der Waals surface area (Å²) in [5, 5.41) is 5.48. The standard InChI is InChI=1S/C12H8Cl2N4/c13-7-1-3-10(14)9(5-7)12-16-11-4-2-8(15)6-18(11)17-12/h1-6H,15H2. The van der Waals surface area contributed by atoms with Gasteiger partial charge in [-0.25, -0.2) is 9.50 Å². The van der Waals surface area contributed by atoms with Crippen molar-refractivity contribution in [2.45, 2.75) is 0 Å². The van der Waals surface area contributed by atoms with Crippen LogP contribution in [0.15, 0.2) is 36.5 Å². The van der Waals surface area contributed by atoms with E-state index < -0.39 is 0 Å². The maximum absolute atomic E-state index is 6.12. The SMILES string of the molecule is Nc1ccc2nc(-c3cc(Cl)ccc3Cl)nn2c1. The Morgan fingerprint density at radius 1 is 1.11 bits per heavy atom. The normalized spacial score (nSPS) is 11.0. The second kappa shape index (κ2) is 4.15. The van der Waals surface area contributed by atoms with E-state index in [0.29, 0.717) is 32.8 Å². The monoisotopic (exact) mass is 278 g/mol. The Balaban J connectivity index is 2.22. The van der Waals surface area contributed by atoms with Crippen LogP contribution in [0.25, 0.3) is 17.0 Å². The van der Waals surface area contributed by atoms with E-state index in [0.717, 1.165) is 0 Å². The number of pyridine rings is 1. The maximum Gasteiger partial charge on any atom is 0.183 e. The summed E-state index contributed by atoms with van der Waals surface area (Å²) in [6.07, 6.45) is 1.70. The van der Waals surface area contributed by atoms with Crippen LogP contribution in [0, 0.1) is 0 Å². The summed E-state index contributed by atoms with van der Waals surface area (Å²) in [5.74, 6) is 0.521. The highest BCUT2D eigenvalue weighted by molar-refractivity contribution is 6.35. The molecule has 2 heterocycles. The third-order valence-electron chi connectivity index (χ3n) is 2.52. The first kappa shape index (κ1) is 11.3. The van der Waals surface area contributed by atoms with Crippen molar-refractivity contribution in [3.8, 4) is 11.4 Å². The lowest BCUT2D eigenvalue weighted by molar-refractivity contribution is 0.968. The van der Waals surface area contributed by atoms with Crippen molar-refractivity contribution in [1.29, 1.82) is 0 Å². The van der Waals surface area contributed by atoms with Crippen molar-refractivity contribution >= 4 is 34.5 Å². The number of anilines is 1. The lowest BCUT2D eigenvalue weighted by atomic mass is 10.2. The third-order valence-corrected chi connectivity index (χ3v) is 3.09. The molecule has 0 aliphatic heterocycles. The van der Waals surface area contributed by atoms with Crippen molar-refractivity contribution in [3.05, 3.63) is 46.6 Å². The first-order valence-electron chi connectivity index (χ1n) is 5.21. The van der Waals surface area contributed by atoms with Crippen LogP contribution in [-0.2, 0) is 0 Å². The van der Waals surface area contributed by atoms with Gasteiger partial charge >= 0.3 is 0 Å². The molecule has 0 spiro atoms. The number of fused-ring (bicyclic) bond motifs is 1. The smallest absolute Gasteiger partial charge is 0.183 e. The van der Waals surface area contributed by atoms with E-state index in [1.165, 1.54) is 0 Å². The van der Waals surface area contributed by atoms with Gasteiger partial charge in [0.05, 0.1) is 16.9 Å². The van der Waals surface area contributed by atoms with Crippen molar-refractivity contribution < 1.29 is 0 Å². The number of nitrogen functional groups attached to an aromatic ring is 1. The quantitative estimate of drug-likeness (QED) is 0.743. The molecule has 2 N–H and O–H groups in total. The van der Waals surface area contributed by atoms with E-state index in [-0.39, 0.29) is 0 Å². The molecule has 0 atom stereocenters. The molecular formula is C12H8Cl2N4. The van der Waals surface area contributed by atoms with Crippen molar-refractivity contribution in [2.75, 3.05) is 5.73 Å². The van der Waals surface area contributed by atoms with Crippen molar-refractivity contribution in [2.24, 2.45) is 0 Å².